The number of benzene rings is 1. The molecule has 1 amide bonds. The zero-order chi connectivity index (χ0) is 17.7. The number of amides is 1. The second-order valence-electron chi connectivity index (χ2n) is 4.86. The summed E-state index contributed by atoms with van der Waals surface area (Å²) in [7, 11) is -0.883. The number of ether oxygens (including phenoxy) is 1. The number of aromatic nitrogens is 1. The topological polar surface area (TPSA) is 88.6 Å². The fraction of sp³-hybridized carbons (Fsp3) is 0.250. The van der Waals surface area contributed by atoms with Crippen LogP contribution in [0.15, 0.2) is 47.5 Å². The largest absolute Gasteiger partial charge is 0.494 e. The predicted octanol–water partition coefficient (Wildman–Crippen LogP) is 1.67. The highest BCUT2D eigenvalue weighted by Crippen LogP contribution is 2.24. The van der Waals surface area contributed by atoms with Gasteiger partial charge in [0.1, 0.15) is 11.4 Å². The SMILES string of the molecule is CCOc1cccc(S(=O)(=O)N(C)c2ccnc(C(=O)NC)c2)c1. The Labute approximate surface area is 141 Å². The van der Waals surface area contributed by atoms with Crippen molar-refractivity contribution in [3.63, 3.8) is 0 Å². The van der Waals surface area contributed by atoms with E-state index in [0.29, 0.717) is 18.0 Å². The molecule has 0 fully saturated rings. The van der Waals surface area contributed by atoms with Crippen LogP contribution in [0.4, 0.5) is 5.69 Å². The van der Waals surface area contributed by atoms with Crippen molar-refractivity contribution in [2.75, 3.05) is 25.0 Å². The van der Waals surface area contributed by atoms with Crippen LogP contribution in [0.3, 0.4) is 0 Å². The molecule has 1 aromatic carbocycles. The fourth-order valence-corrected chi connectivity index (χ4v) is 3.28. The zero-order valence-corrected chi connectivity index (χ0v) is 14.5. The number of carbonyl (C=O) groups excluding carboxylic acids is 1. The van der Waals surface area contributed by atoms with E-state index in [0.717, 1.165) is 4.31 Å². The van der Waals surface area contributed by atoms with Crippen LogP contribution in [0.5, 0.6) is 5.75 Å². The number of nitrogens with zero attached hydrogens (tertiary/aromatic N) is 2. The van der Waals surface area contributed by atoms with Gasteiger partial charge in [0.25, 0.3) is 15.9 Å². The van der Waals surface area contributed by atoms with E-state index >= 15 is 0 Å². The summed E-state index contributed by atoms with van der Waals surface area (Å²) in [6.07, 6.45) is 1.39. The van der Waals surface area contributed by atoms with Crippen LogP contribution >= 0.6 is 0 Å². The molecule has 128 valence electrons. The molecule has 2 rings (SSSR count). The Morgan fingerprint density at radius 3 is 2.71 bits per heavy atom. The number of pyridine rings is 1. The monoisotopic (exact) mass is 349 g/mol. The number of anilines is 1. The average molecular weight is 349 g/mol. The second-order valence-corrected chi connectivity index (χ2v) is 6.83. The van der Waals surface area contributed by atoms with E-state index in [4.69, 9.17) is 4.74 Å². The molecule has 0 spiro atoms. The molecule has 0 aliphatic carbocycles. The van der Waals surface area contributed by atoms with E-state index in [1.165, 1.54) is 44.6 Å². The first-order chi connectivity index (χ1) is 11.4. The third-order valence-electron chi connectivity index (χ3n) is 3.34. The minimum absolute atomic E-state index is 0.106. The summed E-state index contributed by atoms with van der Waals surface area (Å²) in [5.74, 6) is 0.0914. The highest BCUT2D eigenvalue weighted by Gasteiger charge is 2.22. The number of hydrogen-bond donors (Lipinski definition) is 1. The van der Waals surface area contributed by atoms with Crippen LogP contribution < -0.4 is 14.4 Å². The van der Waals surface area contributed by atoms with Crippen LogP contribution in [0.25, 0.3) is 0 Å². The van der Waals surface area contributed by atoms with Gasteiger partial charge < -0.3 is 10.1 Å². The van der Waals surface area contributed by atoms with Gasteiger partial charge in [-0.1, -0.05) is 6.07 Å². The van der Waals surface area contributed by atoms with Gasteiger partial charge in [0, 0.05) is 26.4 Å². The van der Waals surface area contributed by atoms with Gasteiger partial charge in [0.15, 0.2) is 0 Å². The number of rotatable bonds is 6. The van der Waals surface area contributed by atoms with Gasteiger partial charge in [0.2, 0.25) is 0 Å². The van der Waals surface area contributed by atoms with Crippen molar-refractivity contribution in [3.8, 4) is 5.75 Å². The third-order valence-corrected chi connectivity index (χ3v) is 5.12. The summed E-state index contributed by atoms with van der Waals surface area (Å²) >= 11 is 0. The Morgan fingerprint density at radius 2 is 2.04 bits per heavy atom. The van der Waals surface area contributed by atoms with Gasteiger partial charge in [0.05, 0.1) is 17.2 Å². The Hall–Kier alpha value is -2.61. The standard InChI is InChI=1S/C16H19N3O4S/c1-4-23-13-6-5-7-14(11-13)24(21,22)19(3)12-8-9-18-15(10-12)16(20)17-2/h5-11H,4H2,1-3H3,(H,17,20). The summed E-state index contributed by atoms with van der Waals surface area (Å²) in [6.45, 7) is 2.27. The summed E-state index contributed by atoms with van der Waals surface area (Å²) in [6, 6.07) is 9.22. The lowest BCUT2D eigenvalue weighted by molar-refractivity contribution is 0.0958. The highest BCUT2D eigenvalue weighted by molar-refractivity contribution is 7.92. The molecule has 0 saturated heterocycles. The van der Waals surface area contributed by atoms with Crippen molar-refractivity contribution in [1.82, 2.24) is 10.3 Å². The molecule has 0 bridgehead atoms. The van der Waals surface area contributed by atoms with Crippen molar-refractivity contribution in [1.29, 1.82) is 0 Å². The average Bonchev–Trinajstić information content (AvgIpc) is 2.61. The maximum atomic E-state index is 12.8. The van der Waals surface area contributed by atoms with E-state index < -0.39 is 10.0 Å². The molecule has 1 heterocycles. The van der Waals surface area contributed by atoms with Gasteiger partial charge >= 0.3 is 0 Å². The quantitative estimate of drug-likeness (QED) is 0.857. The van der Waals surface area contributed by atoms with Crippen LogP contribution in [0, 0.1) is 0 Å². The van der Waals surface area contributed by atoms with E-state index in [1.54, 1.807) is 12.1 Å². The van der Waals surface area contributed by atoms with Crippen molar-refractivity contribution >= 4 is 21.6 Å². The smallest absolute Gasteiger partial charge is 0.269 e. The summed E-state index contributed by atoms with van der Waals surface area (Å²) in [5.41, 5.74) is 0.477. The van der Waals surface area contributed by atoms with Crippen LogP contribution in [0.2, 0.25) is 0 Å². The Bertz CT molecular complexity index is 837. The molecule has 1 N–H and O–H groups in total. The molecule has 0 atom stereocenters. The predicted molar refractivity (Wildman–Crippen MR) is 90.8 cm³/mol. The van der Waals surface area contributed by atoms with Crippen LogP contribution in [0.1, 0.15) is 17.4 Å². The number of nitrogens with one attached hydrogen (secondary N) is 1. The van der Waals surface area contributed by atoms with Gasteiger partial charge in [-0.2, -0.15) is 0 Å². The molecule has 0 unspecified atom stereocenters. The number of hydrogen-bond acceptors (Lipinski definition) is 5. The van der Waals surface area contributed by atoms with E-state index in [-0.39, 0.29) is 16.5 Å². The first-order valence-corrected chi connectivity index (χ1v) is 8.74. The molecular formula is C16H19N3O4S. The third kappa shape index (κ3) is 3.65. The fourth-order valence-electron chi connectivity index (χ4n) is 2.06. The van der Waals surface area contributed by atoms with Gasteiger partial charge in [-0.3, -0.25) is 14.1 Å². The lowest BCUT2D eigenvalue weighted by Crippen LogP contribution is -2.27. The molecule has 0 radical (unpaired) electrons. The minimum Gasteiger partial charge on any atom is -0.494 e. The van der Waals surface area contributed by atoms with Crippen molar-refractivity contribution in [2.24, 2.45) is 0 Å². The van der Waals surface area contributed by atoms with Crippen molar-refractivity contribution in [3.05, 3.63) is 48.3 Å². The first-order valence-electron chi connectivity index (χ1n) is 7.30. The van der Waals surface area contributed by atoms with E-state index in [1.807, 2.05) is 6.92 Å². The Balaban J connectivity index is 2.39. The van der Waals surface area contributed by atoms with Crippen LogP contribution in [-0.2, 0) is 10.0 Å². The minimum atomic E-state index is -3.79. The molecule has 8 heteroatoms. The lowest BCUT2D eigenvalue weighted by Gasteiger charge is -2.20. The maximum Gasteiger partial charge on any atom is 0.269 e. The van der Waals surface area contributed by atoms with E-state index in [9.17, 15) is 13.2 Å². The van der Waals surface area contributed by atoms with E-state index in [2.05, 4.69) is 10.3 Å². The van der Waals surface area contributed by atoms with Crippen LogP contribution in [-0.4, -0.2) is 40.0 Å². The molecule has 0 aliphatic rings. The van der Waals surface area contributed by atoms with Gasteiger partial charge in [-0.05, 0) is 31.2 Å². The molecule has 7 nitrogen and oxygen atoms in total. The number of carbonyl (C=O) groups is 1. The molecule has 24 heavy (non-hydrogen) atoms. The Kier molecular flexibility index (Phi) is 5.40. The summed E-state index contributed by atoms with van der Waals surface area (Å²) in [4.78, 5) is 15.7. The lowest BCUT2D eigenvalue weighted by atomic mass is 10.3. The van der Waals surface area contributed by atoms with Gasteiger partial charge in [-0.25, -0.2) is 8.42 Å². The molecular weight excluding hydrogens is 330 g/mol. The summed E-state index contributed by atoms with van der Waals surface area (Å²) in [5, 5.41) is 2.45. The second kappa shape index (κ2) is 7.31. The maximum absolute atomic E-state index is 12.8. The molecule has 1 aromatic heterocycles. The first kappa shape index (κ1) is 17.7. The molecule has 2 aromatic rings. The molecule has 0 aliphatic heterocycles. The normalized spacial score (nSPS) is 11.0. The van der Waals surface area contributed by atoms with Gasteiger partial charge in [-0.15, -0.1) is 0 Å². The van der Waals surface area contributed by atoms with Crippen molar-refractivity contribution in [2.45, 2.75) is 11.8 Å². The highest BCUT2D eigenvalue weighted by atomic mass is 32.2. The van der Waals surface area contributed by atoms with Crippen molar-refractivity contribution < 1.29 is 17.9 Å². The summed E-state index contributed by atoms with van der Waals surface area (Å²) < 4.78 is 32.0. The zero-order valence-electron chi connectivity index (χ0n) is 13.7. The number of sulfonamides is 1. The Morgan fingerprint density at radius 1 is 1.29 bits per heavy atom. The molecule has 0 saturated carbocycles.